The molecule has 1 aliphatic rings. The predicted octanol–water partition coefficient (Wildman–Crippen LogP) is 2.00. The minimum Gasteiger partial charge on any atom is -0.355 e. The average molecular weight is 342 g/mol. The van der Waals surface area contributed by atoms with E-state index in [9.17, 15) is 0 Å². The number of hydrogen-bond acceptors (Lipinski definition) is 3. The second-order valence-electron chi connectivity index (χ2n) is 6.63. The van der Waals surface area contributed by atoms with E-state index in [1.807, 2.05) is 13.1 Å². The van der Waals surface area contributed by atoms with Gasteiger partial charge in [-0.05, 0) is 45.0 Å². The van der Waals surface area contributed by atoms with E-state index >= 15 is 0 Å². The fourth-order valence-electron chi connectivity index (χ4n) is 3.50. The van der Waals surface area contributed by atoms with Gasteiger partial charge < -0.3 is 20.1 Å². The zero-order valence-corrected chi connectivity index (χ0v) is 15.5. The summed E-state index contributed by atoms with van der Waals surface area (Å²) >= 11 is 0. The fraction of sp³-hybridized carbons (Fsp3) is 0.579. The number of hydrogen-bond donors (Lipinski definition) is 2. The molecule has 0 spiro atoms. The Morgan fingerprint density at radius 2 is 1.80 bits per heavy atom. The summed E-state index contributed by atoms with van der Waals surface area (Å²) in [7, 11) is 1.83. The molecule has 2 N–H and O–H groups in total. The minimum atomic E-state index is 0.824. The van der Waals surface area contributed by atoms with Crippen molar-refractivity contribution in [1.29, 1.82) is 0 Å². The lowest BCUT2D eigenvalue weighted by Gasteiger charge is -2.26. The lowest BCUT2D eigenvalue weighted by atomic mass is 10.1. The highest BCUT2D eigenvalue weighted by Crippen LogP contribution is 2.14. The van der Waals surface area contributed by atoms with Crippen molar-refractivity contribution in [3.05, 3.63) is 30.1 Å². The van der Waals surface area contributed by atoms with E-state index in [0.29, 0.717) is 0 Å². The summed E-state index contributed by atoms with van der Waals surface area (Å²) in [5, 5.41) is 6.83. The number of guanidine groups is 1. The van der Waals surface area contributed by atoms with Crippen LogP contribution in [0, 0.1) is 6.92 Å². The van der Waals surface area contributed by atoms with Crippen LogP contribution in [0.4, 0.5) is 0 Å². The van der Waals surface area contributed by atoms with Crippen LogP contribution < -0.4 is 10.6 Å². The van der Waals surface area contributed by atoms with E-state index in [4.69, 9.17) is 0 Å². The maximum absolute atomic E-state index is 4.62. The van der Waals surface area contributed by atoms with Crippen LogP contribution in [-0.2, 0) is 6.54 Å². The van der Waals surface area contributed by atoms with Gasteiger partial charge in [-0.3, -0.25) is 4.99 Å². The highest BCUT2D eigenvalue weighted by atomic mass is 15.2. The van der Waals surface area contributed by atoms with E-state index in [2.05, 4.69) is 55.2 Å². The van der Waals surface area contributed by atoms with E-state index in [1.165, 1.54) is 37.9 Å². The van der Waals surface area contributed by atoms with Crippen molar-refractivity contribution in [2.75, 3.05) is 39.8 Å². The third-order valence-electron chi connectivity index (χ3n) is 4.87. The Kier molecular flexibility index (Phi) is 6.28. The number of piperidine rings is 1. The standard InChI is InChI=1S/C19H30N6/c1-16-23-17-8-4-5-9-18(17)25(16)15-11-22-19(20-2)21-10-14-24-12-6-3-7-13-24/h4-5,8-9H,3,6-7,10-15H2,1-2H3,(H2,20,21,22). The van der Waals surface area contributed by atoms with Gasteiger partial charge in [0.2, 0.25) is 0 Å². The second-order valence-corrected chi connectivity index (χ2v) is 6.63. The molecule has 0 atom stereocenters. The van der Waals surface area contributed by atoms with Crippen LogP contribution >= 0.6 is 0 Å². The molecule has 6 heteroatoms. The molecule has 3 rings (SSSR count). The van der Waals surface area contributed by atoms with Crippen molar-refractivity contribution >= 4 is 17.0 Å². The van der Waals surface area contributed by atoms with Gasteiger partial charge in [-0.15, -0.1) is 0 Å². The molecule has 136 valence electrons. The first-order chi connectivity index (χ1) is 12.3. The number of fused-ring (bicyclic) bond motifs is 1. The van der Waals surface area contributed by atoms with Gasteiger partial charge in [-0.25, -0.2) is 4.98 Å². The fourth-order valence-corrected chi connectivity index (χ4v) is 3.50. The predicted molar refractivity (Wildman–Crippen MR) is 104 cm³/mol. The molecule has 1 aromatic carbocycles. The SMILES string of the molecule is CN=C(NCCN1CCCCC1)NCCn1c(C)nc2ccccc21. The van der Waals surface area contributed by atoms with Crippen molar-refractivity contribution in [1.82, 2.24) is 25.1 Å². The summed E-state index contributed by atoms with van der Waals surface area (Å²) in [6.45, 7) is 8.26. The number of rotatable bonds is 6. The summed E-state index contributed by atoms with van der Waals surface area (Å²) in [6, 6.07) is 8.29. The quantitative estimate of drug-likeness (QED) is 0.623. The van der Waals surface area contributed by atoms with Gasteiger partial charge in [-0.1, -0.05) is 18.6 Å². The molecule has 0 bridgehead atoms. The van der Waals surface area contributed by atoms with Crippen LogP contribution in [0.2, 0.25) is 0 Å². The molecule has 1 saturated heterocycles. The van der Waals surface area contributed by atoms with Gasteiger partial charge in [0.05, 0.1) is 11.0 Å². The van der Waals surface area contributed by atoms with Gasteiger partial charge in [0.1, 0.15) is 5.82 Å². The summed E-state index contributed by atoms with van der Waals surface area (Å²) in [5.41, 5.74) is 2.25. The first kappa shape index (κ1) is 17.7. The van der Waals surface area contributed by atoms with Gasteiger partial charge in [0, 0.05) is 33.2 Å². The number of imidazole rings is 1. The molecule has 2 heterocycles. The lowest BCUT2D eigenvalue weighted by Crippen LogP contribution is -2.43. The molecule has 6 nitrogen and oxygen atoms in total. The molecule has 25 heavy (non-hydrogen) atoms. The molecule has 2 aromatic rings. The highest BCUT2D eigenvalue weighted by molar-refractivity contribution is 5.79. The van der Waals surface area contributed by atoms with Crippen LogP contribution in [0.25, 0.3) is 11.0 Å². The van der Waals surface area contributed by atoms with Crippen molar-refractivity contribution < 1.29 is 0 Å². The molecule has 0 amide bonds. The Morgan fingerprint density at radius 3 is 2.56 bits per heavy atom. The average Bonchev–Trinajstić information content (AvgIpc) is 2.97. The van der Waals surface area contributed by atoms with Crippen molar-refractivity contribution in [3.8, 4) is 0 Å². The third-order valence-corrected chi connectivity index (χ3v) is 4.87. The largest absolute Gasteiger partial charge is 0.355 e. The van der Waals surface area contributed by atoms with Gasteiger partial charge in [0.25, 0.3) is 0 Å². The van der Waals surface area contributed by atoms with Crippen molar-refractivity contribution in [2.45, 2.75) is 32.7 Å². The number of para-hydroxylation sites is 2. The van der Waals surface area contributed by atoms with Crippen LogP contribution in [0.15, 0.2) is 29.3 Å². The molecule has 0 unspecified atom stereocenters. The molecular formula is C19H30N6. The number of benzene rings is 1. The first-order valence-corrected chi connectivity index (χ1v) is 9.36. The van der Waals surface area contributed by atoms with E-state index in [1.54, 1.807) is 0 Å². The molecule has 1 fully saturated rings. The van der Waals surface area contributed by atoms with Crippen molar-refractivity contribution in [3.63, 3.8) is 0 Å². The monoisotopic (exact) mass is 342 g/mol. The van der Waals surface area contributed by atoms with Crippen LogP contribution in [-0.4, -0.2) is 60.2 Å². The lowest BCUT2D eigenvalue weighted by molar-refractivity contribution is 0.232. The summed E-state index contributed by atoms with van der Waals surface area (Å²) in [6.07, 6.45) is 4.06. The maximum atomic E-state index is 4.62. The normalized spacial score (nSPS) is 16.3. The minimum absolute atomic E-state index is 0.824. The van der Waals surface area contributed by atoms with Crippen molar-refractivity contribution in [2.24, 2.45) is 4.99 Å². The van der Waals surface area contributed by atoms with Gasteiger partial charge in [0.15, 0.2) is 5.96 Å². The summed E-state index contributed by atoms with van der Waals surface area (Å²) in [5.74, 6) is 1.93. The summed E-state index contributed by atoms with van der Waals surface area (Å²) < 4.78 is 2.25. The Hall–Kier alpha value is -2.08. The Labute approximate surface area is 150 Å². The third kappa shape index (κ3) is 4.72. The molecule has 0 aliphatic carbocycles. The Balaban J connectivity index is 1.44. The molecule has 1 aromatic heterocycles. The van der Waals surface area contributed by atoms with Gasteiger partial charge in [-0.2, -0.15) is 0 Å². The molecular weight excluding hydrogens is 312 g/mol. The van der Waals surface area contributed by atoms with Crippen LogP contribution in [0.1, 0.15) is 25.1 Å². The van der Waals surface area contributed by atoms with Crippen LogP contribution in [0.3, 0.4) is 0 Å². The number of aromatic nitrogens is 2. The molecule has 1 aliphatic heterocycles. The highest BCUT2D eigenvalue weighted by Gasteiger charge is 2.10. The molecule has 0 radical (unpaired) electrons. The van der Waals surface area contributed by atoms with E-state index in [0.717, 1.165) is 43.5 Å². The summed E-state index contributed by atoms with van der Waals surface area (Å²) in [4.78, 5) is 11.5. The Morgan fingerprint density at radius 1 is 1.08 bits per heavy atom. The smallest absolute Gasteiger partial charge is 0.191 e. The first-order valence-electron chi connectivity index (χ1n) is 9.36. The number of aryl methyl sites for hydroxylation is 1. The molecule has 0 saturated carbocycles. The van der Waals surface area contributed by atoms with E-state index < -0.39 is 0 Å². The van der Waals surface area contributed by atoms with E-state index in [-0.39, 0.29) is 0 Å². The number of nitrogens with zero attached hydrogens (tertiary/aromatic N) is 4. The maximum Gasteiger partial charge on any atom is 0.191 e. The topological polar surface area (TPSA) is 57.5 Å². The zero-order valence-electron chi connectivity index (χ0n) is 15.5. The van der Waals surface area contributed by atoms with Gasteiger partial charge >= 0.3 is 0 Å². The number of aliphatic imine (C=N–C) groups is 1. The number of nitrogens with one attached hydrogen (secondary N) is 2. The zero-order chi connectivity index (χ0) is 17.5. The number of likely N-dealkylation sites (tertiary alicyclic amines) is 1. The van der Waals surface area contributed by atoms with Crippen LogP contribution in [0.5, 0.6) is 0 Å². The Bertz CT molecular complexity index is 699. The second kappa shape index (κ2) is 8.85.